The maximum atomic E-state index is 6.76. The Labute approximate surface area is 251 Å². The van der Waals surface area contributed by atoms with Crippen molar-refractivity contribution in [2.24, 2.45) is 9.98 Å². The second-order valence-electron chi connectivity index (χ2n) is 12.2. The van der Waals surface area contributed by atoms with E-state index in [2.05, 4.69) is 121 Å². The van der Waals surface area contributed by atoms with E-state index in [1.54, 1.807) is 5.06 Å². The molecule has 0 saturated heterocycles. The summed E-state index contributed by atoms with van der Waals surface area (Å²) < 4.78 is 0. The van der Waals surface area contributed by atoms with Crippen molar-refractivity contribution >= 4 is 23.1 Å². The van der Waals surface area contributed by atoms with Crippen LogP contribution in [0.3, 0.4) is 0 Å². The molecule has 1 heterocycles. The van der Waals surface area contributed by atoms with Gasteiger partial charge in [-0.25, -0.2) is 9.98 Å². The van der Waals surface area contributed by atoms with Crippen molar-refractivity contribution in [2.75, 3.05) is 7.05 Å². The molecule has 0 aromatic heterocycles. The summed E-state index contributed by atoms with van der Waals surface area (Å²) in [5.41, 5.74) is 10.1. The maximum absolute atomic E-state index is 6.76. The summed E-state index contributed by atoms with van der Waals surface area (Å²) in [7, 11) is 1.94. The average Bonchev–Trinajstić information content (AvgIpc) is 3.11. The van der Waals surface area contributed by atoms with Gasteiger partial charge in [-0.1, -0.05) is 127 Å². The van der Waals surface area contributed by atoms with Crippen molar-refractivity contribution in [3.63, 3.8) is 0 Å². The first-order valence-electron chi connectivity index (χ1n) is 15.2. The molecule has 216 valence electrons. The number of nitrogens with zero attached hydrogens (tertiary/aromatic N) is 3. The van der Waals surface area contributed by atoms with Gasteiger partial charge in [0.15, 0.2) is 5.84 Å². The van der Waals surface area contributed by atoms with Crippen molar-refractivity contribution in [2.45, 2.75) is 72.1 Å². The highest BCUT2D eigenvalue weighted by Gasteiger charge is 2.28. The zero-order valence-corrected chi connectivity index (χ0v) is 26.2. The lowest BCUT2D eigenvalue weighted by Crippen LogP contribution is -2.31. The average molecular weight is 558 g/mol. The predicted molar refractivity (Wildman–Crippen MR) is 177 cm³/mol. The SMILES string of the molecule is CC(C)c1cccc(C(C)C)c1N=C(ON(C)C1=Nc2c(C(C)C)cccc2C(C)c2ccccc21)c1ccccc1. The van der Waals surface area contributed by atoms with E-state index >= 15 is 0 Å². The van der Waals surface area contributed by atoms with Gasteiger partial charge in [-0.2, -0.15) is 5.06 Å². The molecule has 1 aliphatic heterocycles. The molecule has 1 aliphatic rings. The Hall–Kier alpha value is -4.18. The summed E-state index contributed by atoms with van der Waals surface area (Å²) in [4.78, 5) is 17.4. The van der Waals surface area contributed by atoms with Gasteiger partial charge in [-0.15, -0.1) is 0 Å². The fraction of sp³-hybridized carbons (Fsp3) is 0.316. The van der Waals surface area contributed by atoms with E-state index in [1.165, 1.54) is 27.8 Å². The largest absolute Gasteiger partial charge is 0.357 e. The monoisotopic (exact) mass is 557 g/mol. The van der Waals surface area contributed by atoms with Crippen LogP contribution in [-0.2, 0) is 4.84 Å². The van der Waals surface area contributed by atoms with Gasteiger partial charge >= 0.3 is 0 Å². The second-order valence-corrected chi connectivity index (χ2v) is 12.2. The molecule has 1 atom stereocenters. The summed E-state index contributed by atoms with van der Waals surface area (Å²) >= 11 is 0. The summed E-state index contributed by atoms with van der Waals surface area (Å²) in [5.74, 6) is 2.49. The second kappa shape index (κ2) is 12.4. The normalized spacial score (nSPS) is 14.9. The lowest BCUT2D eigenvalue weighted by molar-refractivity contribution is 0.0336. The van der Waals surface area contributed by atoms with Crippen LogP contribution in [0.15, 0.2) is 101 Å². The van der Waals surface area contributed by atoms with Gasteiger partial charge in [0.25, 0.3) is 5.90 Å². The topological polar surface area (TPSA) is 37.2 Å². The minimum Gasteiger partial charge on any atom is -0.357 e. The smallest absolute Gasteiger partial charge is 0.253 e. The highest BCUT2D eigenvalue weighted by atomic mass is 16.7. The minimum atomic E-state index is 0.193. The molecule has 1 unspecified atom stereocenters. The molecule has 0 spiro atoms. The lowest BCUT2D eigenvalue weighted by atomic mass is 9.87. The number of amidine groups is 1. The Bertz CT molecular complexity index is 1590. The summed E-state index contributed by atoms with van der Waals surface area (Å²) in [6.45, 7) is 15.6. The Morgan fingerprint density at radius 2 is 1.24 bits per heavy atom. The molecule has 0 saturated carbocycles. The first-order chi connectivity index (χ1) is 20.2. The van der Waals surface area contributed by atoms with E-state index in [4.69, 9.17) is 14.8 Å². The molecule has 0 radical (unpaired) electrons. The zero-order valence-electron chi connectivity index (χ0n) is 26.2. The zero-order chi connectivity index (χ0) is 30.0. The molecule has 4 heteroatoms. The summed E-state index contributed by atoms with van der Waals surface area (Å²) in [6.07, 6.45) is 0. The predicted octanol–water partition coefficient (Wildman–Crippen LogP) is 10.2. The Morgan fingerprint density at radius 3 is 1.88 bits per heavy atom. The van der Waals surface area contributed by atoms with E-state index in [1.807, 2.05) is 25.2 Å². The van der Waals surface area contributed by atoms with E-state index in [9.17, 15) is 0 Å². The third kappa shape index (κ3) is 5.76. The van der Waals surface area contributed by atoms with Gasteiger partial charge in [0.2, 0.25) is 0 Å². The number of para-hydroxylation sites is 2. The fourth-order valence-electron chi connectivity index (χ4n) is 5.81. The van der Waals surface area contributed by atoms with Crippen LogP contribution in [0.1, 0.15) is 111 Å². The van der Waals surface area contributed by atoms with Crippen LogP contribution in [0.2, 0.25) is 0 Å². The number of hydrogen-bond acceptors (Lipinski definition) is 4. The van der Waals surface area contributed by atoms with Gasteiger partial charge < -0.3 is 4.84 Å². The van der Waals surface area contributed by atoms with Crippen LogP contribution >= 0.6 is 0 Å². The van der Waals surface area contributed by atoms with Crippen LogP contribution < -0.4 is 0 Å². The highest BCUT2D eigenvalue weighted by Crippen LogP contribution is 2.42. The summed E-state index contributed by atoms with van der Waals surface area (Å²) in [5, 5.41) is 1.80. The molecule has 42 heavy (non-hydrogen) atoms. The first kappa shape index (κ1) is 29.3. The van der Waals surface area contributed by atoms with Gasteiger partial charge in [-0.05, 0) is 57.7 Å². The number of benzene rings is 4. The Balaban J connectivity index is 1.69. The number of fused-ring (bicyclic) bond motifs is 2. The van der Waals surface area contributed by atoms with E-state index in [-0.39, 0.29) is 5.92 Å². The quantitative estimate of drug-likeness (QED) is 0.139. The molecule has 0 fully saturated rings. The molecule has 5 rings (SSSR count). The van der Waals surface area contributed by atoms with Crippen molar-refractivity contribution in [3.05, 3.63) is 130 Å². The third-order valence-electron chi connectivity index (χ3n) is 8.17. The van der Waals surface area contributed by atoms with Gasteiger partial charge in [0, 0.05) is 24.1 Å². The number of aliphatic imine (C=N–C) groups is 2. The van der Waals surface area contributed by atoms with Crippen LogP contribution in [0, 0.1) is 0 Å². The van der Waals surface area contributed by atoms with Crippen molar-refractivity contribution in [3.8, 4) is 0 Å². The standard InChI is InChI=1S/C38H43N3O/c1-24(2)29-20-14-21-30(25(3)4)35(29)40-38(28-16-10-9-11-17-28)42-41(8)37-34-19-13-12-18-32(34)27(7)33-23-15-22-31(26(5)6)36(33)39-37/h9-27H,1-8H3. The lowest BCUT2D eigenvalue weighted by Gasteiger charge is -2.24. The highest BCUT2D eigenvalue weighted by molar-refractivity contribution is 6.04. The molecular formula is C38H43N3O. The molecule has 0 aliphatic carbocycles. The van der Waals surface area contributed by atoms with Crippen molar-refractivity contribution in [1.82, 2.24) is 5.06 Å². The van der Waals surface area contributed by atoms with Crippen LogP contribution in [0.25, 0.3) is 0 Å². The van der Waals surface area contributed by atoms with Crippen molar-refractivity contribution < 1.29 is 4.84 Å². The summed E-state index contributed by atoms with van der Waals surface area (Å²) in [6, 6.07) is 31.8. The molecule has 0 amide bonds. The molecule has 4 nitrogen and oxygen atoms in total. The molecule has 0 N–H and O–H groups in total. The van der Waals surface area contributed by atoms with Gasteiger partial charge in [0.1, 0.15) is 0 Å². The van der Waals surface area contributed by atoms with E-state index < -0.39 is 0 Å². The van der Waals surface area contributed by atoms with E-state index in [0.29, 0.717) is 23.7 Å². The Morgan fingerprint density at radius 1 is 0.690 bits per heavy atom. The molecular weight excluding hydrogens is 514 g/mol. The number of hydrogen-bond donors (Lipinski definition) is 0. The minimum absolute atomic E-state index is 0.193. The maximum Gasteiger partial charge on any atom is 0.253 e. The molecule has 4 aromatic rings. The Kier molecular flexibility index (Phi) is 8.63. The third-order valence-corrected chi connectivity index (χ3v) is 8.17. The van der Waals surface area contributed by atoms with Gasteiger partial charge in [0.05, 0.1) is 11.4 Å². The van der Waals surface area contributed by atoms with Crippen LogP contribution in [-0.4, -0.2) is 23.8 Å². The van der Waals surface area contributed by atoms with E-state index in [0.717, 1.165) is 28.3 Å². The van der Waals surface area contributed by atoms with Crippen LogP contribution in [0.4, 0.5) is 11.4 Å². The molecule has 0 bridgehead atoms. The van der Waals surface area contributed by atoms with Gasteiger partial charge in [-0.3, -0.25) is 0 Å². The van der Waals surface area contributed by atoms with Crippen molar-refractivity contribution in [1.29, 1.82) is 0 Å². The first-order valence-corrected chi connectivity index (χ1v) is 15.2. The fourth-order valence-corrected chi connectivity index (χ4v) is 5.81. The number of rotatable bonds is 5. The van der Waals surface area contributed by atoms with Crippen LogP contribution in [0.5, 0.6) is 0 Å². The number of hydroxylamine groups is 2. The molecule has 4 aromatic carbocycles.